The highest BCUT2D eigenvalue weighted by Crippen LogP contribution is 2.19. The van der Waals surface area contributed by atoms with E-state index in [-0.39, 0.29) is 12.1 Å². The van der Waals surface area contributed by atoms with Crippen molar-refractivity contribution in [3.8, 4) is 0 Å². The van der Waals surface area contributed by atoms with Crippen molar-refractivity contribution in [3.63, 3.8) is 0 Å². The first-order valence-electron chi connectivity index (χ1n) is 5.00. The summed E-state index contributed by atoms with van der Waals surface area (Å²) in [5.41, 5.74) is 0.700. The van der Waals surface area contributed by atoms with Crippen LogP contribution in [0.3, 0.4) is 0 Å². The van der Waals surface area contributed by atoms with Crippen LogP contribution < -0.4 is 10.6 Å². The normalized spacial score (nSPS) is 19.4. The monoisotopic (exact) mass is 285 g/mol. The van der Waals surface area contributed by atoms with Gasteiger partial charge in [-0.1, -0.05) is 0 Å². The van der Waals surface area contributed by atoms with Crippen LogP contribution in [0.2, 0.25) is 0 Å². The number of halogens is 1. The molecule has 1 aromatic heterocycles. The maximum absolute atomic E-state index is 11.6. The maximum Gasteiger partial charge on any atom is 0.319 e. The molecule has 1 aromatic rings. The van der Waals surface area contributed by atoms with E-state index in [1.807, 2.05) is 0 Å². The largest absolute Gasteiger partial charge is 0.379 e. The van der Waals surface area contributed by atoms with Crippen LogP contribution in [0.4, 0.5) is 10.5 Å². The van der Waals surface area contributed by atoms with E-state index in [2.05, 4.69) is 31.5 Å². The van der Waals surface area contributed by atoms with Crippen molar-refractivity contribution in [3.05, 3.63) is 22.9 Å². The van der Waals surface area contributed by atoms with Crippen LogP contribution in [0.5, 0.6) is 0 Å². The van der Waals surface area contributed by atoms with Crippen molar-refractivity contribution in [2.24, 2.45) is 0 Å². The summed E-state index contributed by atoms with van der Waals surface area (Å²) < 4.78 is 5.93. The predicted octanol–water partition coefficient (Wildman–Crippen LogP) is 1.75. The Morgan fingerprint density at radius 3 is 3.19 bits per heavy atom. The third-order valence-corrected chi connectivity index (χ3v) is 2.92. The Kier molecular flexibility index (Phi) is 3.74. The summed E-state index contributed by atoms with van der Waals surface area (Å²) in [6, 6.07) is 1.62. The fourth-order valence-electron chi connectivity index (χ4n) is 1.47. The molecule has 0 aromatic carbocycles. The maximum atomic E-state index is 11.6. The zero-order chi connectivity index (χ0) is 11.4. The minimum atomic E-state index is -0.220. The number of carbonyl (C=O) groups is 1. The third kappa shape index (κ3) is 2.93. The molecule has 2 N–H and O–H groups in total. The smallest absolute Gasteiger partial charge is 0.319 e. The number of carbonyl (C=O) groups excluding carboxylic acids is 1. The van der Waals surface area contributed by atoms with Crippen LogP contribution in [0, 0.1) is 0 Å². The van der Waals surface area contributed by atoms with Gasteiger partial charge in [-0.25, -0.2) is 4.79 Å². The highest BCUT2D eigenvalue weighted by atomic mass is 79.9. The topological polar surface area (TPSA) is 63.2 Å². The van der Waals surface area contributed by atoms with Gasteiger partial charge in [0, 0.05) is 19.0 Å². The molecular weight excluding hydrogens is 274 g/mol. The molecular formula is C10H12BrN3O2. The van der Waals surface area contributed by atoms with Gasteiger partial charge in [0.2, 0.25) is 0 Å². The first-order valence-corrected chi connectivity index (χ1v) is 5.80. The van der Waals surface area contributed by atoms with Crippen LogP contribution >= 0.6 is 15.9 Å². The van der Waals surface area contributed by atoms with Gasteiger partial charge in [0.05, 0.1) is 22.8 Å². The molecule has 0 bridgehead atoms. The van der Waals surface area contributed by atoms with Crippen molar-refractivity contribution in [1.82, 2.24) is 10.3 Å². The summed E-state index contributed by atoms with van der Waals surface area (Å²) in [4.78, 5) is 15.5. The Bertz CT molecular complexity index is 380. The van der Waals surface area contributed by atoms with Gasteiger partial charge in [0.1, 0.15) is 0 Å². The molecule has 2 amide bonds. The third-order valence-electron chi connectivity index (χ3n) is 2.29. The average Bonchev–Trinajstić information content (AvgIpc) is 2.74. The summed E-state index contributed by atoms with van der Waals surface area (Å²) in [5.74, 6) is 0. The Morgan fingerprint density at radius 1 is 1.62 bits per heavy atom. The van der Waals surface area contributed by atoms with E-state index in [1.54, 1.807) is 18.5 Å². The molecule has 1 aliphatic heterocycles. The molecule has 1 unspecified atom stereocenters. The van der Waals surface area contributed by atoms with Gasteiger partial charge in [-0.15, -0.1) is 0 Å². The van der Waals surface area contributed by atoms with E-state index in [9.17, 15) is 4.79 Å². The molecule has 0 radical (unpaired) electrons. The molecule has 6 heteroatoms. The van der Waals surface area contributed by atoms with Crippen LogP contribution in [0.1, 0.15) is 6.42 Å². The van der Waals surface area contributed by atoms with Gasteiger partial charge in [0.15, 0.2) is 0 Å². The van der Waals surface area contributed by atoms with Gasteiger partial charge in [0.25, 0.3) is 0 Å². The number of rotatable bonds is 2. The van der Waals surface area contributed by atoms with Crippen LogP contribution in [-0.2, 0) is 4.74 Å². The highest BCUT2D eigenvalue weighted by molar-refractivity contribution is 9.10. The lowest BCUT2D eigenvalue weighted by molar-refractivity contribution is 0.189. The molecule has 2 heterocycles. The second-order valence-corrected chi connectivity index (χ2v) is 4.37. The van der Waals surface area contributed by atoms with Gasteiger partial charge < -0.3 is 15.4 Å². The number of hydrogen-bond acceptors (Lipinski definition) is 3. The molecule has 2 rings (SSSR count). The zero-order valence-corrected chi connectivity index (χ0v) is 10.2. The standard InChI is InChI=1S/C10H12BrN3O2/c11-8-5-12-3-1-9(8)14-10(15)13-7-2-4-16-6-7/h1,3,5,7H,2,4,6H2,(H2,12,13,14,15). The SMILES string of the molecule is O=C(Nc1ccncc1Br)NC1CCOC1. The van der Waals surface area contributed by atoms with Crippen molar-refractivity contribution in [2.45, 2.75) is 12.5 Å². The lowest BCUT2D eigenvalue weighted by atomic mass is 10.3. The summed E-state index contributed by atoms with van der Waals surface area (Å²) in [5, 5.41) is 5.58. The molecule has 16 heavy (non-hydrogen) atoms. The van der Waals surface area contributed by atoms with Gasteiger partial charge >= 0.3 is 6.03 Å². The number of anilines is 1. The number of amides is 2. The Hall–Kier alpha value is -1.14. The molecule has 1 atom stereocenters. The number of hydrogen-bond donors (Lipinski definition) is 2. The summed E-state index contributed by atoms with van der Waals surface area (Å²) in [6.45, 7) is 1.30. The summed E-state index contributed by atoms with van der Waals surface area (Å²) >= 11 is 3.31. The van der Waals surface area contributed by atoms with E-state index < -0.39 is 0 Å². The first kappa shape index (κ1) is 11.3. The van der Waals surface area contributed by atoms with Crippen molar-refractivity contribution in [2.75, 3.05) is 18.5 Å². The lowest BCUT2D eigenvalue weighted by Gasteiger charge is -2.12. The van der Waals surface area contributed by atoms with Gasteiger partial charge in [-0.05, 0) is 28.4 Å². The molecule has 1 fully saturated rings. The quantitative estimate of drug-likeness (QED) is 0.870. The number of nitrogens with zero attached hydrogens (tertiary/aromatic N) is 1. The van der Waals surface area contributed by atoms with Gasteiger partial charge in [-0.3, -0.25) is 4.98 Å². The zero-order valence-electron chi connectivity index (χ0n) is 8.57. The average molecular weight is 286 g/mol. The van der Waals surface area contributed by atoms with E-state index >= 15 is 0 Å². The van der Waals surface area contributed by atoms with Crippen LogP contribution in [0.25, 0.3) is 0 Å². The number of urea groups is 1. The number of aromatic nitrogens is 1. The second kappa shape index (κ2) is 5.27. The summed E-state index contributed by atoms with van der Waals surface area (Å²) in [6.07, 6.45) is 4.12. The van der Waals surface area contributed by atoms with E-state index in [0.717, 1.165) is 10.9 Å². The molecule has 0 spiro atoms. The summed E-state index contributed by atoms with van der Waals surface area (Å²) in [7, 11) is 0. The van der Waals surface area contributed by atoms with Crippen LogP contribution in [-0.4, -0.2) is 30.3 Å². The molecule has 86 valence electrons. The highest BCUT2D eigenvalue weighted by Gasteiger charge is 2.17. The predicted molar refractivity (Wildman–Crippen MR) is 63.3 cm³/mol. The molecule has 0 saturated carbocycles. The number of ether oxygens (including phenoxy) is 1. The first-order chi connectivity index (χ1) is 7.75. The molecule has 1 saturated heterocycles. The number of pyridine rings is 1. The van der Waals surface area contributed by atoms with Crippen LogP contribution in [0.15, 0.2) is 22.9 Å². The second-order valence-electron chi connectivity index (χ2n) is 3.51. The van der Waals surface area contributed by atoms with Crippen molar-refractivity contribution in [1.29, 1.82) is 0 Å². The number of nitrogens with one attached hydrogen (secondary N) is 2. The minimum absolute atomic E-state index is 0.112. The molecule has 0 aliphatic carbocycles. The van der Waals surface area contributed by atoms with Crippen molar-refractivity contribution >= 4 is 27.6 Å². The van der Waals surface area contributed by atoms with E-state index in [4.69, 9.17) is 4.74 Å². The minimum Gasteiger partial charge on any atom is -0.379 e. The van der Waals surface area contributed by atoms with E-state index in [1.165, 1.54) is 0 Å². The Morgan fingerprint density at radius 2 is 2.50 bits per heavy atom. The fourth-order valence-corrected chi connectivity index (χ4v) is 1.82. The Labute approximate surface area is 102 Å². The van der Waals surface area contributed by atoms with Gasteiger partial charge in [-0.2, -0.15) is 0 Å². The lowest BCUT2D eigenvalue weighted by Crippen LogP contribution is -2.38. The molecule has 5 nitrogen and oxygen atoms in total. The molecule has 1 aliphatic rings. The van der Waals surface area contributed by atoms with Crippen molar-refractivity contribution < 1.29 is 9.53 Å². The Balaban J connectivity index is 1.89. The van der Waals surface area contributed by atoms with E-state index in [0.29, 0.717) is 18.9 Å². The fraction of sp³-hybridized carbons (Fsp3) is 0.400.